The van der Waals surface area contributed by atoms with Crippen LogP contribution in [0.3, 0.4) is 0 Å². The summed E-state index contributed by atoms with van der Waals surface area (Å²) in [6, 6.07) is 31.1. The van der Waals surface area contributed by atoms with Gasteiger partial charge in [-0.2, -0.15) is 9.90 Å². The molecule has 3 rings (SSSR count). The maximum atomic E-state index is 7.21. The molecule has 3 heteroatoms. The third-order valence-corrected chi connectivity index (χ3v) is 7.94. The van der Waals surface area contributed by atoms with Crippen LogP contribution >= 0.6 is 20.1 Å². The van der Waals surface area contributed by atoms with Gasteiger partial charge in [0.05, 0.1) is 0 Å². The van der Waals surface area contributed by atoms with Gasteiger partial charge in [-0.1, -0.05) is 0 Å². The Hall–Kier alpha value is -1.13. The van der Waals surface area contributed by atoms with Crippen LogP contribution in [0.2, 0.25) is 0 Å². The predicted molar refractivity (Wildman–Crippen MR) is 95.2 cm³/mol. The molecule has 0 fully saturated rings. The first kappa shape index (κ1) is 16.2. The third kappa shape index (κ3) is 3.22. The molecule has 0 N–H and O–H groups in total. The summed E-state index contributed by atoms with van der Waals surface area (Å²) in [5, 5.41) is 0. The molecule has 0 radical (unpaired) electrons. The molecule has 0 aromatic heterocycles. The van der Waals surface area contributed by atoms with Gasteiger partial charge >= 0.3 is 126 Å². The quantitative estimate of drug-likeness (QED) is 0.497. The molecular weight excluding hydrogens is 341 g/mol. The van der Waals surface area contributed by atoms with Crippen molar-refractivity contribution in [3.05, 3.63) is 91.0 Å². The normalized spacial score (nSPS) is 11.5. The van der Waals surface area contributed by atoms with Gasteiger partial charge < -0.3 is 0 Å². The van der Waals surface area contributed by atoms with Gasteiger partial charge in [-0.05, 0) is 0 Å². The fourth-order valence-corrected chi connectivity index (χ4v) is 5.86. The first-order valence-corrected chi connectivity index (χ1v) is 9.17. The number of halogens is 1. The Labute approximate surface area is 136 Å². The third-order valence-electron chi connectivity index (χ3n) is 2.89. The molecule has 3 aromatic rings. The number of rotatable bonds is 3. The Morgan fingerprint density at radius 3 is 0.952 bits per heavy atom. The van der Waals surface area contributed by atoms with E-state index in [1.54, 1.807) is 0 Å². The van der Waals surface area contributed by atoms with Crippen LogP contribution in [-0.2, 0) is 11.5 Å². The van der Waals surface area contributed by atoms with Gasteiger partial charge in [-0.3, -0.25) is 0 Å². The molecular formula is C18H18ClNiP. The van der Waals surface area contributed by atoms with E-state index >= 15 is 0 Å². The van der Waals surface area contributed by atoms with E-state index in [0.717, 1.165) is 0 Å². The Morgan fingerprint density at radius 1 is 0.476 bits per heavy atom. The summed E-state index contributed by atoms with van der Waals surface area (Å²) in [5.41, 5.74) is 0. The SMILES string of the molecule is P.[Cl][Ni]([c]1ccccc1)([c]1ccccc1)[c]1ccccc1. The van der Waals surface area contributed by atoms with Crippen LogP contribution in [0.5, 0.6) is 0 Å². The molecule has 1 atom stereocenters. The topological polar surface area (TPSA) is 0 Å². The van der Waals surface area contributed by atoms with E-state index in [0.29, 0.717) is 0 Å². The van der Waals surface area contributed by atoms with Crippen molar-refractivity contribution in [2.75, 3.05) is 0 Å². The summed E-state index contributed by atoms with van der Waals surface area (Å²) in [5.74, 6) is 0. The van der Waals surface area contributed by atoms with E-state index in [1.807, 2.05) is 54.6 Å². The average Bonchev–Trinajstić information content (AvgIpc) is 2.56. The molecule has 0 heterocycles. The molecule has 0 spiro atoms. The van der Waals surface area contributed by atoms with Gasteiger partial charge in [0.2, 0.25) is 0 Å². The first-order valence-electron chi connectivity index (χ1n) is 6.33. The van der Waals surface area contributed by atoms with Gasteiger partial charge in [0.25, 0.3) is 0 Å². The fraction of sp³-hybridized carbons (Fsp3) is 0. The Balaban J connectivity index is 0.00000161. The number of hydrogen-bond acceptors (Lipinski definition) is 0. The van der Waals surface area contributed by atoms with Crippen molar-refractivity contribution in [1.82, 2.24) is 0 Å². The van der Waals surface area contributed by atoms with Crippen LogP contribution in [0.1, 0.15) is 0 Å². The molecule has 21 heavy (non-hydrogen) atoms. The molecule has 0 aliphatic heterocycles. The molecule has 0 bridgehead atoms. The fourth-order valence-electron chi connectivity index (χ4n) is 1.96. The molecule has 0 saturated heterocycles. The second-order valence-corrected chi connectivity index (χ2v) is 8.69. The second kappa shape index (κ2) is 7.23. The Bertz CT molecular complexity index is 575. The van der Waals surface area contributed by atoms with E-state index in [1.165, 1.54) is 13.6 Å². The number of benzene rings is 3. The summed E-state index contributed by atoms with van der Waals surface area (Å²) in [4.78, 5) is 0. The first-order chi connectivity index (χ1) is 9.82. The zero-order valence-corrected chi connectivity index (χ0v) is 14.7. The van der Waals surface area contributed by atoms with E-state index in [9.17, 15) is 0 Å². The predicted octanol–water partition coefficient (Wildman–Crippen LogP) is 3.33. The van der Waals surface area contributed by atoms with E-state index in [4.69, 9.17) is 10.2 Å². The monoisotopic (exact) mass is 358 g/mol. The summed E-state index contributed by atoms with van der Waals surface area (Å²) >= 11 is -1.83. The van der Waals surface area contributed by atoms with Gasteiger partial charge in [0, 0.05) is 0 Å². The van der Waals surface area contributed by atoms with E-state index < -0.39 is 11.5 Å². The van der Waals surface area contributed by atoms with Crippen LogP contribution in [0, 0.1) is 0 Å². The van der Waals surface area contributed by atoms with Crippen molar-refractivity contribution < 1.29 is 11.5 Å². The molecule has 0 amide bonds. The summed E-state index contributed by atoms with van der Waals surface area (Å²) < 4.78 is 3.53. The van der Waals surface area contributed by atoms with Gasteiger partial charge in [0.1, 0.15) is 0 Å². The second-order valence-electron chi connectivity index (χ2n) is 4.20. The summed E-state index contributed by atoms with van der Waals surface area (Å²) in [7, 11) is 7.21. The van der Waals surface area contributed by atoms with Crippen molar-refractivity contribution in [3.63, 3.8) is 0 Å². The minimum absolute atomic E-state index is 0. The van der Waals surface area contributed by atoms with Crippen molar-refractivity contribution in [2.45, 2.75) is 0 Å². The molecule has 0 saturated carbocycles. The summed E-state index contributed by atoms with van der Waals surface area (Å²) in [6.07, 6.45) is 0. The molecule has 3 aromatic carbocycles. The Morgan fingerprint density at radius 2 is 0.714 bits per heavy atom. The van der Waals surface area contributed by atoms with E-state index in [2.05, 4.69) is 36.4 Å². The zero-order valence-electron chi connectivity index (χ0n) is 11.6. The van der Waals surface area contributed by atoms with Crippen LogP contribution in [-0.4, -0.2) is 0 Å². The minimum atomic E-state index is -1.83. The van der Waals surface area contributed by atoms with Gasteiger partial charge in [0.15, 0.2) is 0 Å². The average molecular weight is 359 g/mol. The molecule has 0 aliphatic carbocycles. The molecule has 0 aliphatic rings. The van der Waals surface area contributed by atoms with Crippen LogP contribution in [0.25, 0.3) is 0 Å². The standard InChI is InChI=1S/3C6H5.ClH.Ni.H3P/c3*1-2-4-6-5-3-1;;;/h3*1-5H;1H;;1H3/q;;;;+1;/p-1. The van der Waals surface area contributed by atoms with E-state index in [-0.39, 0.29) is 9.90 Å². The van der Waals surface area contributed by atoms with Crippen LogP contribution in [0.4, 0.5) is 0 Å². The van der Waals surface area contributed by atoms with Crippen molar-refractivity contribution in [2.24, 2.45) is 0 Å². The van der Waals surface area contributed by atoms with Crippen molar-refractivity contribution >= 4 is 33.7 Å². The van der Waals surface area contributed by atoms with Gasteiger partial charge in [-0.15, -0.1) is 0 Å². The Kier molecular flexibility index (Phi) is 5.60. The van der Waals surface area contributed by atoms with Gasteiger partial charge in [-0.25, -0.2) is 0 Å². The summed E-state index contributed by atoms with van der Waals surface area (Å²) in [6.45, 7) is 0. The molecule has 1 unspecified atom stereocenters. The van der Waals surface area contributed by atoms with Crippen molar-refractivity contribution in [3.8, 4) is 0 Å². The maximum absolute atomic E-state index is 7.21. The van der Waals surface area contributed by atoms with Crippen LogP contribution < -0.4 is 13.6 Å². The number of hydrogen-bond donors (Lipinski definition) is 0. The van der Waals surface area contributed by atoms with Crippen LogP contribution in [0.15, 0.2) is 91.0 Å². The zero-order chi connectivity index (χ0) is 13.8. The van der Waals surface area contributed by atoms with Crippen molar-refractivity contribution in [1.29, 1.82) is 0 Å². The molecule has 112 valence electrons. The molecule has 0 nitrogen and oxygen atoms in total.